The van der Waals surface area contributed by atoms with Crippen LogP contribution in [-0.2, 0) is 6.54 Å². The number of likely N-dealkylation sites (tertiary alicyclic amines) is 1. The van der Waals surface area contributed by atoms with Gasteiger partial charge in [-0.2, -0.15) is 0 Å². The van der Waals surface area contributed by atoms with Crippen molar-refractivity contribution in [2.75, 3.05) is 25.5 Å². The fourth-order valence-electron chi connectivity index (χ4n) is 3.11. The van der Waals surface area contributed by atoms with Gasteiger partial charge in [0.1, 0.15) is 0 Å². The first kappa shape index (κ1) is 18.0. The lowest BCUT2D eigenvalue weighted by Gasteiger charge is -2.23. The summed E-state index contributed by atoms with van der Waals surface area (Å²) in [5.41, 5.74) is 2.20. The standard InChI is InChI=1S/C20H26N4O2/c1-20(2)10-11-24(14-20)19(21-3)22-13-15-6-8-16(9-7-15)23-18(25)17-5-4-12-26-17/h4-9,12H,10-11,13-14H2,1-3H3,(H,21,22)(H,23,25). The van der Waals surface area contributed by atoms with Crippen molar-refractivity contribution in [3.63, 3.8) is 0 Å². The molecule has 1 saturated heterocycles. The summed E-state index contributed by atoms with van der Waals surface area (Å²) in [4.78, 5) is 18.7. The Labute approximate surface area is 154 Å². The van der Waals surface area contributed by atoms with Crippen molar-refractivity contribution in [3.05, 3.63) is 54.0 Å². The Morgan fingerprint density at radius 1 is 1.27 bits per heavy atom. The van der Waals surface area contributed by atoms with E-state index in [0.717, 1.165) is 30.3 Å². The van der Waals surface area contributed by atoms with Crippen molar-refractivity contribution in [1.82, 2.24) is 10.2 Å². The summed E-state index contributed by atoms with van der Waals surface area (Å²) < 4.78 is 5.09. The van der Waals surface area contributed by atoms with E-state index in [1.165, 1.54) is 12.7 Å². The van der Waals surface area contributed by atoms with Gasteiger partial charge in [0.25, 0.3) is 5.91 Å². The summed E-state index contributed by atoms with van der Waals surface area (Å²) in [5, 5.41) is 6.24. The van der Waals surface area contributed by atoms with Gasteiger partial charge in [-0.15, -0.1) is 0 Å². The smallest absolute Gasteiger partial charge is 0.291 e. The van der Waals surface area contributed by atoms with Crippen LogP contribution in [0.1, 0.15) is 36.4 Å². The van der Waals surface area contributed by atoms with Crippen molar-refractivity contribution < 1.29 is 9.21 Å². The summed E-state index contributed by atoms with van der Waals surface area (Å²) in [5.74, 6) is 0.983. The lowest BCUT2D eigenvalue weighted by Crippen LogP contribution is -2.40. The molecule has 138 valence electrons. The number of hydrogen-bond acceptors (Lipinski definition) is 3. The molecule has 3 rings (SSSR count). The van der Waals surface area contributed by atoms with E-state index in [4.69, 9.17) is 4.42 Å². The molecule has 1 aliphatic rings. The highest BCUT2D eigenvalue weighted by atomic mass is 16.3. The highest BCUT2D eigenvalue weighted by Gasteiger charge is 2.30. The van der Waals surface area contributed by atoms with Crippen LogP contribution in [0.25, 0.3) is 0 Å². The summed E-state index contributed by atoms with van der Waals surface area (Å²) in [7, 11) is 1.82. The number of anilines is 1. The van der Waals surface area contributed by atoms with Crippen LogP contribution in [-0.4, -0.2) is 36.9 Å². The normalized spacial score (nSPS) is 16.6. The number of carbonyl (C=O) groups is 1. The van der Waals surface area contributed by atoms with E-state index in [0.29, 0.717) is 17.7 Å². The van der Waals surface area contributed by atoms with Gasteiger partial charge in [0, 0.05) is 32.4 Å². The molecule has 26 heavy (non-hydrogen) atoms. The van der Waals surface area contributed by atoms with Gasteiger partial charge in [0.05, 0.1) is 6.26 Å². The zero-order chi connectivity index (χ0) is 18.6. The number of furan rings is 1. The van der Waals surface area contributed by atoms with E-state index in [2.05, 4.69) is 34.4 Å². The second kappa shape index (κ2) is 7.64. The van der Waals surface area contributed by atoms with E-state index < -0.39 is 0 Å². The third kappa shape index (κ3) is 4.45. The number of aliphatic imine (C=N–C) groups is 1. The Balaban J connectivity index is 1.53. The monoisotopic (exact) mass is 354 g/mol. The Kier molecular flexibility index (Phi) is 5.30. The van der Waals surface area contributed by atoms with E-state index in [1.807, 2.05) is 31.3 Å². The molecular weight excluding hydrogens is 328 g/mol. The molecule has 6 heteroatoms. The van der Waals surface area contributed by atoms with Crippen LogP contribution in [0.4, 0.5) is 5.69 Å². The molecule has 0 aliphatic carbocycles. The third-order valence-electron chi connectivity index (χ3n) is 4.60. The highest BCUT2D eigenvalue weighted by molar-refractivity contribution is 6.02. The zero-order valence-corrected chi connectivity index (χ0v) is 15.6. The van der Waals surface area contributed by atoms with Gasteiger partial charge in [-0.3, -0.25) is 9.79 Å². The number of rotatable bonds is 4. The molecule has 1 amide bonds. The van der Waals surface area contributed by atoms with Gasteiger partial charge < -0.3 is 20.0 Å². The van der Waals surface area contributed by atoms with Gasteiger partial charge in [-0.1, -0.05) is 26.0 Å². The molecule has 1 aromatic carbocycles. The van der Waals surface area contributed by atoms with Crippen LogP contribution in [0.5, 0.6) is 0 Å². The molecule has 2 heterocycles. The SMILES string of the molecule is CN=C(NCc1ccc(NC(=O)c2ccco2)cc1)N1CCC(C)(C)C1. The van der Waals surface area contributed by atoms with Gasteiger partial charge in [-0.05, 0) is 41.7 Å². The lowest BCUT2D eigenvalue weighted by molar-refractivity contribution is 0.0996. The van der Waals surface area contributed by atoms with Crippen LogP contribution in [0.2, 0.25) is 0 Å². The minimum Gasteiger partial charge on any atom is -0.459 e. The molecule has 0 unspecified atom stereocenters. The number of hydrogen-bond donors (Lipinski definition) is 2. The number of carbonyl (C=O) groups excluding carboxylic acids is 1. The molecule has 0 radical (unpaired) electrons. The topological polar surface area (TPSA) is 69.9 Å². The fourth-order valence-corrected chi connectivity index (χ4v) is 3.11. The molecule has 0 atom stereocenters. The van der Waals surface area contributed by atoms with E-state index >= 15 is 0 Å². The van der Waals surface area contributed by atoms with Crippen molar-refractivity contribution >= 4 is 17.6 Å². The highest BCUT2D eigenvalue weighted by Crippen LogP contribution is 2.28. The van der Waals surface area contributed by atoms with E-state index in [9.17, 15) is 4.79 Å². The van der Waals surface area contributed by atoms with Crippen molar-refractivity contribution in [2.45, 2.75) is 26.8 Å². The lowest BCUT2D eigenvalue weighted by atomic mass is 9.93. The first-order valence-corrected chi connectivity index (χ1v) is 8.86. The number of guanidine groups is 1. The van der Waals surface area contributed by atoms with Crippen LogP contribution < -0.4 is 10.6 Å². The average molecular weight is 354 g/mol. The maximum atomic E-state index is 12.0. The van der Waals surface area contributed by atoms with Crippen LogP contribution in [0, 0.1) is 5.41 Å². The maximum absolute atomic E-state index is 12.0. The van der Waals surface area contributed by atoms with Gasteiger partial charge in [0.2, 0.25) is 0 Å². The third-order valence-corrected chi connectivity index (χ3v) is 4.60. The molecule has 1 aromatic heterocycles. The number of nitrogens with zero attached hydrogens (tertiary/aromatic N) is 2. The number of nitrogens with one attached hydrogen (secondary N) is 2. The molecule has 0 saturated carbocycles. The maximum Gasteiger partial charge on any atom is 0.291 e. The van der Waals surface area contributed by atoms with Crippen LogP contribution >= 0.6 is 0 Å². The molecule has 0 bridgehead atoms. The predicted molar refractivity (Wildman–Crippen MR) is 103 cm³/mol. The molecule has 2 N–H and O–H groups in total. The van der Waals surface area contributed by atoms with Crippen LogP contribution in [0.3, 0.4) is 0 Å². The van der Waals surface area contributed by atoms with Crippen molar-refractivity contribution in [3.8, 4) is 0 Å². The second-order valence-corrected chi connectivity index (χ2v) is 7.36. The summed E-state index contributed by atoms with van der Waals surface area (Å²) in [6.07, 6.45) is 2.66. The predicted octanol–water partition coefficient (Wildman–Crippen LogP) is 3.34. The van der Waals surface area contributed by atoms with E-state index in [-0.39, 0.29) is 5.91 Å². The van der Waals surface area contributed by atoms with Crippen molar-refractivity contribution in [2.24, 2.45) is 10.4 Å². The average Bonchev–Trinajstić information content (AvgIpc) is 3.27. The van der Waals surface area contributed by atoms with Gasteiger partial charge >= 0.3 is 0 Å². The molecular formula is C20H26N4O2. The Morgan fingerprint density at radius 2 is 2.04 bits per heavy atom. The zero-order valence-electron chi connectivity index (χ0n) is 15.6. The Hall–Kier alpha value is -2.76. The first-order valence-electron chi connectivity index (χ1n) is 8.86. The molecule has 1 fully saturated rings. The molecule has 1 aliphatic heterocycles. The minimum atomic E-state index is -0.252. The van der Waals surface area contributed by atoms with Gasteiger partial charge in [0.15, 0.2) is 11.7 Å². The molecule has 0 spiro atoms. The quantitative estimate of drug-likeness (QED) is 0.653. The van der Waals surface area contributed by atoms with E-state index in [1.54, 1.807) is 12.1 Å². The number of benzene rings is 1. The van der Waals surface area contributed by atoms with Crippen LogP contribution in [0.15, 0.2) is 52.1 Å². The van der Waals surface area contributed by atoms with Gasteiger partial charge in [-0.25, -0.2) is 0 Å². The molecule has 2 aromatic rings. The largest absolute Gasteiger partial charge is 0.459 e. The number of amides is 1. The summed E-state index contributed by atoms with van der Waals surface area (Å²) >= 11 is 0. The summed E-state index contributed by atoms with van der Waals surface area (Å²) in [6.45, 7) is 7.32. The molecule has 6 nitrogen and oxygen atoms in total. The minimum absolute atomic E-state index is 0.252. The second-order valence-electron chi connectivity index (χ2n) is 7.36. The fraction of sp³-hybridized carbons (Fsp3) is 0.400. The Bertz CT molecular complexity index is 764. The first-order chi connectivity index (χ1) is 12.5. The summed E-state index contributed by atoms with van der Waals surface area (Å²) in [6, 6.07) is 11.1. The Morgan fingerprint density at radius 3 is 2.62 bits per heavy atom. The van der Waals surface area contributed by atoms with Crippen molar-refractivity contribution in [1.29, 1.82) is 0 Å².